The van der Waals surface area contributed by atoms with Gasteiger partial charge in [-0.2, -0.15) is 0 Å². The Labute approximate surface area is 105 Å². The molecule has 1 aromatic rings. The number of nitrogens with zero attached hydrogens (tertiary/aromatic N) is 1. The summed E-state index contributed by atoms with van der Waals surface area (Å²) in [5.41, 5.74) is 2.81. The van der Waals surface area contributed by atoms with Crippen molar-refractivity contribution in [2.75, 3.05) is 19.6 Å². The number of nitrogens with one attached hydrogen (secondary N) is 1. The Bertz CT molecular complexity index is 360. The maximum atomic E-state index is 3.63. The third-order valence-electron chi connectivity index (χ3n) is 3.58. The molecule has 2 rings (SSSR count). The van der Waals surface area contributed by atoms with Crippen molar-refractivity contribution < 1.29 is 0 Å². The average Bonchev–Trinajstić information content (AvgIpc) is 2.29. The number of piperazine rings is 1. The summed E-state index contributed by atoms with van der Waals surface area (Å²) in [5, 5.41) is 3.63. The highest BCUT2D eigenvalue weighted by Crippen LogP contribution is 2.11. The fourth-order valence-electron chi connectivity index (χ4n) is 2.58. The van der Waals surface area contributed by atoms with Gasteiger partial charge >= 0.3 is 0 Å². The van der Waals surface area contributed by atoms with Crippen molar-refractivity contribution in [1.29, 1.82) is 0 Å². The lowest BCUT2D eigenvalue weighted by Gasteiger charge is -2.36. The molecular weight excluding hydrogens is 208 g/mol. The largest absolute Gasteiger partial charge is 0.311 e. The van der Waals surface area contributed by atoms with Gasteiger partial charge < -0.3 is 5.32 Å². The van der Waals surface area contributed by atoms with Crippen LogP contribution in [0.4, 0.5) is 0 Å². The predicted octanol–water partition coefficient (Wildman–Crippen LogP) is 2.22. The van der Waals surface area contributed by atoms with Gasteiger partial charge in [-0.1, -0.05) is 29.8 Å². The Morgan fingerprint density at radius 2 is 2.24 bits per heavy atom. The molecule has 0 bridgehead atoms. The van der Waals surface area contributed by atoms with Crippen LogP contribution >= 0.6 is 0 Å². The quantitative estimate of drug-likeness (QED) is 0.859. The van der Waals surface area contributed by atoms with Gasteiger partial charge in [-0.15, -0.1) is 0 Å². The highest BCUT2D eigenvalue weighted by molar-refractivity contribution is 5.23. The third-order valence-corrected chi connectivity index (χ3v) is 3.58. The fraction of sp³-hybridized carbons (Fsp3) is 0.600. The molecule has 1 saturated heterocycles. The summed E-state index contributed by atoms with van der Waals surface area (Å²) < 4.78 is 0. The van der Waals surface area contributed by atoms with Gasteiger partial charge in [0.1, 0.15) is 0 Å². The zero-order valence-corrected chi connectivity index (χ0v) is 11.2. The first-order valence-electron chi connectivity index (χ1n) is 6.68. The van der Waals surface area contributed by atoms with Crippen LogP contribution in [0.15, 0.2) is 24.3 Å². The molecule has 1 unspecified atom stereocenters. The summed E-state index contributed by atoms with van der Waals surface area (Å²) in [5.74, 6) is 0. The Morgan fingerprint density at radius 1 is 1.41 bits per heavy atom. The van der Waals surface area contributed by atoms with E-state index in [1.54, 1.807) is 0 Å². The van der Waals surface area contributed by atoms with Gasteiger partial charge in [-0.3, -0.25) is 4.90 Å². The smallest absolute Gasteiger partial charge is 0.0236 e. The molecule has 1 fully saturated rings. The molecule has 2 nitrogen and oxygen atoms in total. The molecular formula is C15H24N2. The molecule has 1 atom stereocenters. The summed E-state index contributed by atoms with van der Waals surface area (Å²) in [4.78, 5) is 2.57. The zero-order valence-electron chi connectivity index (χ0n) is 11.2. The lowest BCUT2D eigenvalue weighted by molar-refractivity contribution is 0.161. The van der Waals surface area contributed by atoms with Crippen LogP contribution in [0.2, 0.25) is 0 Å². The topological polar surface area (TPSA) is 15.3 Å². The minimum absolute atomic E-state index is 0.605. The van der Waals surface area contributed by atoms with Crippen LogP contribution in [0.25, 0.3) is 0 Å². The fourth-order valence-corrected chi connectivity index (χ4v) is 2.58. The first-order chi connectivity index (χ1) is 8.15. The van der Waals surface area contributed by atoms with E-state index in [0.29, 0.717) is 12.1 Å². The van der Waals surface area contributed by atoms with Crippen molar-refractivity contribution in [3.8, 4) is 0 Å². The van der Waals surface area contributed by atoms with Crippen LogP contribution in [0.1, 0.15) is 25.0 Å². The normalized spacial score (nSPS) is 22.0. The Balaban J connectivity index is 1.94. The van der Waals surface area contributed by atoms with Gasteiger partial charge in [0.15, 0.2) is 0 Å². The monoisotopic (exact) mass is 232 g/mol. The van der Waals surface area contributed by atoms with Crippen LogP contribution in [0.3, 0.4) is 0 Å². The van der Waals surface area contributed by atoms with Crippen molar-refractivity contribution in [2.24, 2.45) is 0 Å². The van der Waals surface area contributed by atoms with E-state index < -0.39 is 0 Å². The standard InChI is InChI=1S/C15H24N2/c1-12(2)17-8-7-16-15(11-17)10-14-6-4-5-13(3)9-14/h4-6,9,12,15-16H,7-8,10-11H2,1-3H3. The van der Waals surface area contributed by atoms with Crippen LogP contribution in [-0.4, -0.2) is 36.6 Å². The van der Waals surface area contributed by atoms with E-state index in [-0.39, 0.29) is 0 Å². The summed E-state index contributed by atoms with van der Waals surface area (Å²) in [6, 6.07) is 10.1. The van der Waals surface area contributed by atoms with E-state index in [9.17, 15) is 0 Å². The second-order valence-electron chi connectivity index (χ2n) is 5.43. The molecule has 0 aliphatic carbocycles. The predicted molar refractivity (Wildman–Crippen MR) is 73.4 cm³/mol. The molecule has 1 N–H and O–H groups in total. The average molecular weight is 232 g/mol. The Kier molecular flexibility index (Phi) is 4.19. The number of rotatable bonds is 3. The van der Waals surface area contributed by atoms with Gasteiger partial charge in [0, 0.05) is 31.7 Å². The molecule has 0 radical (unpaired) electrons. The number of hydrogen-bond donors (Lipinski definition) is 1. The number of aryl methyl sites for hydroxylation is 1. The zero-order chi connectivity index (χ0) is 12.3. The molecule has 17 heavy (non-hydrogen) atoms. The van der Waals surface area contributed by atoms with Gasteiger partial charge in [0.2, 0.25) is 0 Å². The van der Waals surface area contributed by atoms with Gasteiger partial charge in [0.25, 0.3) is 0 Å². The summed E-state index contributed by atoms with van der Waals surface area (Å²) in [7, 11) is 0. The van der Waals surface area contributed by atoms with E-state index in [4.69, 9.17) is 0 Å². The van der Waals surface area contributed by atoms with E-state index in [0.717, 1.165) is 13.0 Å². The summed E-state index contributed by atoms with van der Waals surface area (Å²) in [6.45, 7) is 10.2. The molecule has 0 amide bonds. The first-order valence-corrected chi connectivity index (χ1v) is 6.68. The van der Waals surface area contributed by atoms with E-state index in [2.05, 4.69) is 55.3 Å². The molecule has 0 aromatic heterocycles. The van der Waals surface area contributed by atoms with Crippen LogP contribution in [-0.2, 0) is 6.42 Å². The molecule has 1 aliphatic heterocycles. The SMILES string of the molecule is Cc1cccc(CC2CN(C(C)C)CCN2)c1. The minimum atomic E-state index is 0.605. The van der Waals surface area contributed by atoms with E-state index in [1.165, 1.54) is 24.2 Å². The molecule has 94 valence electrons. The lowest BCUT2D eigenvalue weighted by Crippen LogP contribution is -2.53. The molecule has 0 spiro atoms. The molecule has 0 saturated carbocycles. The maximum Gasteiger partial charge on any atom is 0.0236 e. The second kappa shape index (κ2) is 5.65. The summed E-state index contributed by atoms with van der Waals surface area (Å²) in [6.07, 6.45) is 1.14. The highest BCUT2D eigenvalue weighted by Gasteiger charge is 2.20. The third kappa shape index (κ3) is 3.55. The molecule has 1 heterocycles. The van der Waals surface area contributed by atoms with E-state index >= 15 is 0 Å². The van der Waals surface area contributed by atoms with Crippen molar-refractivity contribution in [2.45, 2.75) is 39.3 Å². The summed E-state index contributed by atoms with van der Waals surface area (Å²) >= 11 is 0. The number of hydrogen-bond acceptors (Lipinski definition) is 2. The van der Waals surface area contributed by atoms with Gasteiger partial charge in [-0.25, -0.2) is 0 Å². The van der Waals surface area contributed by atoms with E-state index in [1.807, 2.05) is 0 Å². The number of benzene rings is 1. The molecule has 1 aromatic carbocycles. The maximum absolute atomic E-state index is 3.63. The van der Waals surface area contributed by atoms with Crippen LogP contribution in [0, 0.1) is 6.92 Å². The molecule has 2 heteroatoms. The Morgan fingerprint density at radius 3 is 2.94 bits per heavy atom. The van der Waals surface area contributed by atoms with Crippen molar-refractivity contribution >= 4 is 0 Å². The Hall–Kier alpha value is -0.860. The highest BCUT2D eigenvalue weighted by atomic mass is 15.2. The molecule has 1 aliphatic rings. The van der Waals surface area contributed by atoms with Crippen molar-refractivity contribution in [3.05, 3.63) is 35.4 Å². The minimum Gasteiger partial charge on any atom is -0.311 e. The van der Waals surface area contributed by atoms with Crippen molar-refractivity contribution in [3.63, 3.8) is 0 Å². The van der Waals surface area contributed by atoms with Crippen LogP contribution < -0.4 is 5.32 Å². The van der Waals surface area contributed by atoms with Gasteiger partial charge in [-0.05, 0) is 32.8 Å². The second-order valence-corrected chi connectivity index (χ2v) is 5.43. The first kappa shape index (κ1) is 12.6. The lowest BCUT2D eigenvalue weighted by atomic mass is 10.0. The van der Waals surface area contributed by atoms with Gasteiger partial charge in [0.05, 0.1) is 0 Å². The van der Waals surface area contributed by atoms with Crippen LogP contribution in [0.5, 0.6) is 0 Å². The van der Waals surface area contributed by atoms with Crippen molar-refractivity contribution in [1.82, 2.24) is 10.2 Å².